The lowest BCUT2D eigenvalue weighted by Crippen LogP contribution is -2.55. The summed E-state index contributed by atoms with van der Waals surface area (Å²) in [7, 11) is 0. The number of H-pyrrole nitrogens is 1. The molecule has 20 heavy (non-hydrogen) atoms. The number of hydrogen-bond acceptors (Lipinski definition) is 3. The maximum absolute atomic E-state index is 12.4. The molecule has 0 aromatic carbocycles. The van der Waals surface area contributed by atoms with E-state index in [-0.39, 0.29) is 18.6 Å². The third-order valence-electron chi connectivity index (χ3n) is 3.80. The van der Waals surface area contributed by atoms with Gasteiger partial charge in [-0.1, -0.05) is 13.8 Å². The molecule has 2 heterocycles. The summed E-state index contributed by atoms with van der Waals surface area (Å²) in [5.41, 5.74) is 0.713. The van der Waals surface area contributed by atoms with Crippen LogP contribution in [0.4, 0.5) is 0 Å². The van der Waals surface area contributed by atoms with Gasteiger partial charge < -0.3 is 15.0 Å². The van der Waals surface area contributed by atoms with Crippen molar-refractivity contribution < 1.29 is 9.90 Å². The number of nitrogens with one attached hydrogen (secondary N) is 1. The molecule has 0 spiro atoms. The molecule has 5 heteroatoms. The lowest BCUT2D eigenvalue weighted by atomic mass is 10.1. The fraction of sp³-hybridized carbons (Fsp3) is 0.667. The summed E-state index contributed by atoms with van der Waals surface area (Å²) in [5, 5.41) is 9.24. The fourth-order valence-electron chi connectivity index (χ4n) is 2.85. The molecule has 1 unspecified atom stereocenters. The maximum atomic E-state index is 12.4. The molecule has 0 saturated carbocycles. The summed E-state index contributed by atoms with van der Waals surface area (Å²) in [4.78, 5) is 19.6. The van der Waals surface area contributed by atoms with Crippen molar-refractivity contribution in [3.63, 3.8) is 0 Å². The minimum absolute atomic E-state index is 0.0818. The van der Waals surface area contributed by atoms with E-state index in [1.165, 1.54) is 0 Å². The van der Waals surface area contributed by atoms with Crippen LogP contribution in [0.2, 0.25) is 0 Å². The lowest BCUT2D eigenvalue weighted by molar-refractivity contribution is 0.0385. The van der Waals surface area contributed by atoms with Crippen molar-refractivity contribution in [2.24, 2.45) is 5.92 Å². The Balaban J connectivity index is 2.00. The average molecular weight is 279 g/mol. The van der Waals surface area contributed by atoms with Crippen LogP contribution in [0.3, 0.4) is 0 Å². The van der Waals surface area contributed by atoms with Crippen LogP contribution in [0.5, 0.6) is 0 Å². The molecule has 1 fully saturated rings. The molecular formula is C15H25N3O2. The smallest absolute Gasteiger partial charge is 0.255 e. The summed E-state index contributed by atoms with van der Waals surface area (Å²) >= 11 is 0. The minimum Gasteiger partial charge on any atom is -0.396 e. The molecule has 1 atom stereocenters. The predicted molar refractivity (Wildman–Crippen MR) is 78.6 cm³/mol. The molecule has 2 N–H and O–H groups in total. The van der Waals surface area contributed by atoms with Crippen molar-refractivity contribution in [1.82, 2.24) is 14.8 Å². The van der Waals surface area contributed by atoms with Gasteiger partial charge >= 0.3 is 0 Å². The fourth-order valence-corrected chi connectivity index (χ4v) is 2.85. The Bertz CT molecular complexity index is 417. The zero-order valence-electron chi connectivity index (χ0n) is 12.4. The summed E-state index contributed by atoms with van der Waals surface area (Å²) < 4.78 is 0. The summed E-state index contributed by atoms with van der Waals surface area (Å²) in [6, 6.07) is 2.07. The molecule has 1 aromatic heterocycles. The highest BCUT2D eigenvalue weighted by Crippen LogP contribution is 2.17. The highest BCUT2D eigenvalue weighted by Gasteiger charge is 2.29. The van der Waals surface area contributed by atoms with Gasteiger partial charge in [-0.2, -0.15) is 0 Å². The van der Waals surface area contributed by atoms with Gasteiger partial charge in [-0.05, 0) is 18.4 Å². The first kappa shape index (κ1) is 15.1. The SMILES string of the molecule is CC(C)CN1CCN(C(=O)c2cc[nH]c2)CC1CCO. The van der Waals surface area contributed by atoms with E-state index in [1.807, 2.05) is 11.0 Å². The van der Waals surface area contributed by atoms with Gasteiger partial charge in [0.15, 0.2) is 0 Å². The van der Waals surface area contributed by atoms with Gasteiger partial charge in [0.1, 0.15) is 0 Å². The Morgan fingerprint density at radius 1 is 1.50 bits per heavy atom. The number of rotatable bonds is 5. The zero-order valence-corrected chi connectivity index (χ0v) is 12.4. The van der Waals surface area contributed by atoms with Crippen molar-refractivity contribution >= 4 is 5.91 Å². The number of aromatic nitrogens is 1. The van der Waals surface area contributed by atoms with Gasteiger partial charge in [-0.15, -0.1) is 0 Å². The molecule has 1 aliphatic heterocycles. The largest absolute Gasteiger partial charge is 0.396 e. The van der Waals surface area contributed by atoms with E-state index in [1.54, 1.807) is 12.4 Å². The lowest BCUT2D eigenvalue weighted by Gasteiger charge is -2.42. The van der Waals surface area contributed by atoms with Crippen molar-refractivity contribution in [2.45, 2.75) is 26.3 Å². The average Bonchev–Trinajstić information content (AvgIpc) is 2.93. The summed E-state index contributed by atoms with van der Waals surface area (Å²) in [6.07, 6.45) is 4.24. The number of nitrogens with zero attached hydrogens (tertiary/aromatic N) is 2. The quantitative estimate of drug-likeness (QED) is 0.851. The van der Waals surface area contributed by atoms with E-state index >= 15 is 0 Å². The third-order valence-corrected chi connectivity index (χ3v) is 3.80. The Labute approximate surface area is 120 Å². The summed E-state index contributed by atoms with van der Waals surface area (Å²) in [5.74, 6) is 0.682. The first-order valence-corrected chi connectivity index (χ1v) is 7.38. The Kier molecular flexibility index (Phi) is 5.20. The van der Waals surface area contributed by atoms with E-state index in [0.29, 0.717) is 18.0 Å². The van der Waals surface area contributed by atoms with Crippen LogP contribution < -0.4 is 0 Å². The molecule has 2 rings (SSSR count). The monoisotopic (exact) mass is 279 g/mol. The first-order valence-electron chi connectivity index (χ1n) is 7.38. The van der Waals surface area contributed by atoms with Gasteiger partial charge in [-0.3, -0.25) is 9.69 Å². The molecule has 1 aromatic rings. The first-order chi connectivity index (χ1) is 9.61. The van der Waals surface area contributed by atoms with Gasteiger partial charge in [0.25, 0.3) is 5.91 Å². The van der Waals surface area contributed by atoms with Crippen LogP contribution in [0.15, 0.2) is 18.5 Å². The van der Waals surface area contributed by atoms with Gasteiger partial charge in [0.05, 0.1) is 5.56 Å². The molecule has 1 amide bonds. The number of hydrogen-bond donors (Lipinski definition) is 2. The second-order valence-corrected chi connectivity index (χ2v) is 5.91. The van der Waals surface area contributed by atoms with E-state index < -0.39 is 0 Å². The highest BCUT2D eigenvalue weighted by atomic mass is 16.3. The second-order valence-electron chi connectivity index (χ2n) is 5.91. The standard InChI is InChI=1S/C15H25N3O2/c1-12(2)10-17-6-7-18(11-14(17)4-8-19)15(20)13-3-5-16-9-13/h3,5,9,12,14,16,19H,4,6-8,10-11H2,1-2H3. The summed E-state index contributed by atoms with van der Waals surface area (Å²) in [6.45, 7) is 7.96. The predicted octanol–water partition coefficient (Wildman–Crippen LogP) is 1.18. The van der Waals surface area contributed by atoms with Crippen molar-refractivity contribution in [3.8, 4) is 0 Å². The second kappa shape index (κ2) is 6.90. The van der Waals surface area contributed by atoms with E-state index in [4.69, 9.17) is 0 Å². The third kappa shape index (κ3) is 3.61. The van der Waals surface area contributed by atoms with Crippen molar-refractivity contribution in [3.05, 3.63) is 24.0 Å². The Hall–Kier alpha value is -1.33. The number of carbonyl (C=O) groups excluding carboxylic acids is 1. The van der Waals surface area contributed by atoms with Crippen LogP contribution in [0.1, 0.15) is 30.6 Å². The molecule has 0 bridgehead atoms. The number of aliphatic hydroxyl groups excluding tert-OH is 1. The number of aliphatic hydroxyl groups is 1. The van der Waals surface area contributed by atoms with Gasteiger partial charge in [0, 0.05) is 51.2 Å². The van der Waals surface area contributed by atoms with E-state index in [2.05, 4.69) is 23.7 Å². The van der Waals surface area contributed by atoms with E-state index in [0.717, 1.165) is 26.1 Å². The molecule has 112 valence electrons. The van der Waals surface area contributed by atoms with Crippen LogP contribution in [-0.2, 0) is 0 Å². The van der Waals surface area contributed by atoms with E-state index in [9.17, 15) is 9.90 Å². The highest BCUT2D eigenvalue weighted by molar-refractivity contribution is 5.94. The van der Waals surface area contributed by atoms with Crippen LogP contribution in [0.25, 0.3) is 0 Å². The normalized spacial score (nSPS) is 20.6. The Morgan fingerprint density at radius 3 is 2.90 bits per heavy atom. The molecule has 1 aliphatic rings. The van der Waals surface area contributed by atoms with Gasteiger partial charge in [-0.25, -0.2) is 0 Å². The van der Waals surface area contributed by atoms with Crippen LogP contribution >= 0.6 is 0 Å². The van der Waals surface area contributed by atoms with Crippen molar-refractivity contribution in [1.29, 1.82) is 0 Å². The minimum atomic E-state index is 0.0818. The van der Waals surface area contributed by atoms with Crippen molar-refractivity contribution in [2.75, 3.05) is 32.8 Å². The van der Waals surface area contributed by atoms with Crippen LogP contribution in [0, 0.1) is 5.92 Å². The maximum Gasteiger partial charge on any atom is 0.255 e. The molecular weight excluding hydrogens is 254 g/mol. The molecule has 0 aliphatic carbocycles. The molecule has 0 radical (unpaired) electrons. The number of aromatic amines is 1. The topological polar surface area (TPSA) is 59.6 Å². The van der Waals surface area contributed by atoms with Gasteiger partial charge in [0.2, 0.25) is 0 Å². The number of carbonyl (C=O) groups is 1. The number of piperazine rings is 1. The molecule has 5 nitrogen and oxygen atoms in total. The molecule has 1 saturated heterocycles. The zero-order chi connectivity index (χ0) is 14.5. The number of amides is 1. The Morgan fingerprint density at radius 2 is 2.30 bits per heavy atom. The van der Waals surface area contributed by atoms with Crippen LogP contribution in [-0.4, -0.2) is 64.6 Å².